The molecule has 0 unspecified atom stereocenters. The van der Waals surface area contributed by atoms with E-state index in [2.05, 4.69) is 32.0 Å². The summed E-state index contributed by atoms with van der Waals surface area (Å²) in [5, 5.41) is 0. The van der Waals surface area contributed by atoms with Gasteiger partial charge in [0, 0.05) is 25.9 Å². The van der Waals surface area contributed by atoms with Crippen LogP contribution in [0.15, 0.2) is 0 Å². The number of hydrogen-bond acceptors (Lipinski definition) is 4. The molecule has 0 rings (SSSR count). The average Bonchev–Trinajstić information content (AvgIpc) is 2.45. The van der Waals surface area contributed by atoms with Crippen molar-refractivity contribution in [2.24, 2.45) is 0 Å². The van der Waals surface area contributed by atoms with Gasteiger partial charge in [-0.15, -0.1) is 0 Å². The molecule has 0 atom stereocenters. The van der Waals surface area contributed by atoms with Crippen molar-refractivity contribution in [3.8, 4) is 0 Å². The van der Waals surface area contributed by atoms with Gasteiger partial charge in [-0.3, -0.25) is 0 Å². The zero-order valence-corrected chi connectivity index (χ0v) is 17.1. The highest BCUT2D eigenvalue weighted by Gasteiger charge is 2.40. The van der Waals surface area contributed by atoms with Crippen LogP contribution >= 0.6 is 11.2 Å². The summed E-state index contributed by atoms with van der Waals surface area (Å²) in [5.41, 5.74) is 0. The molecule has 0 aromatic heterocycles. The topological polar surface area (TPSA) is 27.7 Å². The quantitative estimate of drug-likeness (QED) is 0.452. The van der Waals surface area contributed by atoms with Crippen LogP contribution < -0.4 is 0 Å². The van der Waals surface area contributed by atoms with Crippen LogP contribution in [-0.4, -0.2) is 41.6 Å². The maximum Gasteiger partial charge on any atom is 0.501 e. The Kier molecular flexibility index (Phi) is 11.6. The van der Waals surface area contributed by atoms with Crippen LogP contribution in [0.4, 0.5) is 0 Å². The van der Waals surface area contributed by atoms with Gasteiger partial charge in [-0.1, -0.05) is 38.9 Å². The minimum Gasteiger partial charge on any atom is -0.374 e. The first-order valence-corrected chi connectivity index (χ1v) is 14.4. The Morgan fingerprint density at radius 1 is 0.700 bits per heavy atom. The Bertz CT molecular complexity index is 213. The van der Waals surface area contributed by atoms with Gasteiger partial charge in [0.1, 0.15) is 7.22 Å². The molecule has 0 amide bonds. The van der Waals surface area contributed by atoms with Crippen molar-refractivity contribution in [1.82, 2.24) is 0 Å². The van der Waals surface area contributed by atoms with E-state index in [-0.39, 0.29) is 0 Å². The van der Waals surface area contributed by atoms with Crippen LogP contribution in [0.3, 0.4) is 0 Å². The highest BCUT2D eigenvalue weighted by molar-refractivity contribution is 8.29. The number of hydrogen-bond donors (Lipinski definition) is 0. The molecule has 0 aromatic carbocycles. The van der Waals surface area contributed by atoms with Crippen LogP contribution in [-0.2, 0) is 13.3 Å². The first-order valence-electron chi connectivity index (χ1n) is 8.13. The lowest BCUT2D eigenvalue weighted by Gasteiger charge is -2.31. The van der Waals surface area contributed by atoms with E-state index in [0.717, 1.165) is 11.8 Å². The summed E-state index contributed by atoms with van der Waals surface area (Å²) < 4.78 is 17.8. The smallest absolute Gasteiger partial charge is 0.374 e. The molecule has 0 radical (unpaired) electrons. The van der Waals surface area contributed by atoms with Gasteiger partial charge in [0.15, 0.2) is 0 Å². The van der Waals surface area contributed by atoms with Gasteiger partial charge in [-0.25, -0.2) is 0 Å². The van der Waals surface area contributed by atoms with Crippen molar-refractivity contribution in [1.29, 1.82) is 0 Å². The zero-order chi connectivity index (χ0) is 15.5. The molecule has 0 aliphatic rings. The molecule has 0 saturated heterocycles. The molecule has 6 heteroatoms. The molecule has 0 aliphatic carbocycles. The van der Waals surface area contributed by atoms with E-state index >= 15 is 0 Å². The van der Waals surface area contributed by atoms with Crippen molar-refractivity contribution in [3.63, 3.8) is 0 Å². The minimum atomic E-state index is -2.43. The Hall–Kier alpha value is 0.664. The summed E-state index contributed by atoms with van der Waals surface area (Å²) in [7, 11) is -3.55. The molecule has 20 heavy (non-hydrogen) atoms. The molecule has 0 aliphatic heterocycles. The summed E-state index contributed by atoms with van der Waals surface area (Å²) in [6, 6.07) is 5.02. The van der Waals surface area contributed by atoms with Crippen LogP contribution in [0.2, 0.25) is 24.2 Å². The van der Waals surface area contributed by atoms with E-state index in [9.17, 15) is 0 Å². The Morgan fingerprint density at radius 2 is 1.10 bits per heavy atom. The summed E-state index contributed by atoms with van der Waals surface area (Å²) >= 11 is 2.21. The van der Waals surface area contributed by atoms with Crippen molar-refractivity contribution in [2.75, 3.05) is 25.6 Å². The first-order chi connectivity index (χ1) is 9.57. The standard InChI is InChI=1S/C14H34O3SSi2/c1-7-15-20(16-8-2,17-9-3)14-13-18-19(10-4,11-5)12-6/h7-14H2,1-6H3. The summed E-state index contributed by atoms with van der Waals surface area (Å²) in [5.74, 6) is 1.12. The number of rotatable bonds is 13. The molecule has 0 fully saturated rings. The lowest BCUT2D eigenvalue weighted by Crippen LogP contribution is -2.46. The molecule has 0 heterocycles. The second-order valence-corrected chi connectivity index (χ2v) is 16.2. The fourth-order valence-electron chi connectivity index (χ4n) is 2.45. The third kappa shape index (κ3) is 6.62. The molecular weight excluding hydrogens is 304 g/mol. The highest BCUT2D eigenvalue weighted by atomic mass is 32.4. The maximum atomic E-state index is 5.92. The fourth-order valence-corrected chi connectivity index (χ4v) is 12.5. The predicted molar refractivity (Wildman–Crippen MR) is 95.1 cm³/mol. The highest BCUT2D eigenvalue weighted by Crippen LogP contribution is 2.34. The van der Waals surface area contributed by atoms with Crippen LogP contribution in [0.25, 0.3) is 0 Å². The van der Waals surface area contributed by atoms with Crippen molar-refractivity contribution in [3.05, 3.63) is 0 Å². The van der Waals surface area contributed by atoms with Crippen molar-refractivity contribution < 1.29 is 13.3 Å². The van der Waals surface area contributed by atoms with Crippen molar-refractivity contribution in [2.45, 2.75) is 65.7 Å². The second-order valence-electron chi connectivity index (χ2n) is 4.82. The van der Waals surface area contributed by atoms with Crippen LogP contribution in [0.5, 0.6) is 0 Å². The van der Waals surface area contributed by atoms with Crippen molar-refractivity contribution >= 4 is 27.2 Å². The SMILES string of the molecule is CCO[Si](CCS[Si](CC)(CC)CC)(OCC)OCC. The average molecular weight is 339 g/mol. The molecular formula is C14H34O3SSi2. The van der Waals surface area contributed by atoms with E-state index in [1.807, 2.05) is 20.8 Å². The Balaban J connectivity index is 4.58. The van der Waals surface area contributed by atoms with Crippen LogP contribution in [0.1, 0.15) is 41.5 Å². The molecule has 3 nitrogen and oxygen atoms in total. The van der Waals surface area contributed by atoms with Gasteiger partial charge in [0.25, 0.3) is 0 Å². The van der Waals surface area contributed by atoms with E-state index in [1.165, 1.54) is 18.1 Å². The van der Waals surface area contributed by atoms with Gasteiger partial charge in [0.2, 0.25) is 0 Å². The third-order valence-corrected chi connectivity index (χ3v) is 17.2. The second kappa shape index (κ2) is 11.3. The monoisotopic (exact) mass is 338 g/mol. The molecule has 0 N–H and O–H groups in total. The zero-order valence-electron chi connectivity index (χ0n) is 14.3. The van der Waals surface area contributed by atoms with E-state index in [4.69, 9.17) is 13.3 Å². The summed E-state index contributed by atoms with van der Waals surface area (Å²) in [4.78, 5) is 0. The van der Waals surface area contributed by atoms with Gasteiger partial charge >= 0.3 is 8.80 Å². The third-order valence-electron chi connectivity index (χ3n) is 3.84. The van der Waals surface area contributed by atoms with Gasteiger partial charge in [0.05, 0.1) is 0 Å². The summed E-state index contributed by atoms with van der Waals surface area (Å²) in [6.07, 6.45) is 0. The fraction of sp³-hybridized carbons (Fsp3) is 1.00. The Morgan fingerprint density at radius 3 is 1.40 bits per heavy atom. The molecule has 0 saturated carbocycles. The molecule has 0 bridgehead atoms. The lowest BCUT2D eigenvalue weighted by molar-refractivity contribution is 0.0729. The first kappa shape index (κ1) is 20.7. The van der Waals surface area contributed by atoms with Gasteiger partial charge in [-0.2, -0.15) is 11.2 Å². The molecule has 0 spiro atoms. The molecule has 122 valence electrons. The Labute approximate surface area is 132 Å². The molecule has 0 aromatic rings. The van der Waals surface area contributed by atoms with Gasteiger partial charge < -0.3 is 13.3 Å². The normalized spacial score (nSPS) is 12.9. The lowest BCUT2D eigenvalue weighted by atomic mass is 10.9. The van der Waals surface area contributed by atoms with E-state index in [0.29, 0.717) is 19.8 Å². The van der Waals surface area contributed by atoms with Gasteiger partial charge in [-0.05, 0) is 26.5 Å². The minimum absolute atomic E-state index is 0.675. The maximum absolute atomic E-state index is 5.92. The predicted octanol–water partition coefficient (Wildman–Crippen LogP) is 4.77. The van der Waals surface area contributed by atoms with E-state index in [1.54, 1.807) is 0 Å². The van der Waals surface area contributed by atoms with Crippen LogP contribution in [0, 0.1) is 0 Å². The van der Waals surface area contributed by atoms with E-state index < -0.39 is 16.0 Å². The summed E-state index contributed by atoms with van der Waals surface area (Å²) in [6.45, 7) is 15.2. The largest absolute Gasteiger partial charge is 0.501 e.